The molecule has 0 saturated carbocycles. The second kappa shape index (κ2) is 5.79. The molecule has 1 heterocycles. The van der Waals surface area contributed by atoms with Crippen LogP contribution in [-0.4, -0.2) is 9.97 Å². The van der Waals surface area contributed by atoms with E-state index in [9.17, 15) is 0 Å². The zero-order valence-electron chi connectivity index (χ0n) is 11.0. The van der Waals surface area contributed by atoms with E-state index >= 15 is 0 Å². The number of hydrogen-bond donors (Lipinski definition) is 2. The Labute approximate surface area is 136 Å². The van der Waals surface area contributed by atoms with Crippen LogP contribution in [0.3, 0.4) is 0 Å². The first-order valence-electron chi connectivity index (χ1n) is 6.34. The number of nitrogens with two attached hydrogens (primary N) is 1. The molecule has 0 radical (unpaired) electrons. The Bertz CT molecular complexity index is 827. The van der Waals surface area contributed by atoms with Crippen LogP contribution >= 0.6 is 28.1 Å². The summed E-state index contributed by atoms with van der Waals surface area (Å²) in [6, 6.07) is 13.9. The Hall–Kier alpha value is -1.98. The lowest BCUT2D eigenvalue weighted by molar-refractivity contribution is 1.36. The molecule has 5 heteroatoms. The van der Waals surface area contributed by atoms with E-state index in [4.69, 9.17) is 18.0 Å². The predicted octanol–water partition coefficient (Wildman–Crippen LogP) is 4.38. The molecule has 0 aliphatic rings. The summed E-state index contributed by atoms with van der Waals surface area (Å²) < 4.78 is 0.911. The molecule has 0 atom stereocenters. The van der Waals surface area contributed by atoms with Crippen molar-refractivity contribution in [2.24, 2.45) is 5.73 Å². The van der Waals surface area contributed by atoms with Gasteiger partial charge in [0.2, 0.25) is 0 Å². The third-order valence-electron chi connectivity index (χ3n) is 3.21. The highest BCUT2D eigenvalue weighted by atomic mass is 79.9. The summed E-state index contributed by atoms with van der Waals surface area (Å²) in [5.41, 5.74) is 8.43. The van der Waals surface area contributed by atoms with E-state index < -0.39 is 0 Å². The van der Waals surface area contributed by atoms with E-state index in [2.05, 4.69) is 32.3 Å². The molecule has 3 N–H and O–H groups in total. The summed E-state index contributed by atoms with van der Waals surface area (Å²) in [6.07, 6.45) is 3.65. The summed E-state index contributed by atoms with van der Waals surface area (Å²) in [7, 11) is 0. The smallest absolute Gasteiger partial charge is 0.104 e. The summed E-state index contributed by atoms with van der Waals surface area (Å²) in [6.45, 7) is 0. The maximum Gasteiger partial charge on any atom is 0.104 e. The van der Waals surface area contributed by atoms with Gasteiger partial charge in [-0.25, -0.2) is 0 Å². The second-order valence-corrected chi connectivity index (χ2v) is 5.88. The molecule has 0 unspecified atom stereocenters. The van der Waals surface area contributed by atoms with E-state index in [0.29, 0.717) is 4.99 Å². The standard InChI is InChI=1S/C16H12BrN3S/c17-13-8-11(16(18)21)4-5-15(13)20-14-3-1-2-10-6-7-19-9-12(10)14/h1-9,20H,(H2,18,21). The first-order chi connectivity index (χ1) is 10.1. The van der Waals surface area contributed by atoms with E-state index in [1.54, 1.807) is 6.20 Å². The molecule has 1 aromatic heterocycles. The van der Waals surface area contributed by atoms with Gasteiger partial charge in [0.25, 0.3) is 0 Å². The first kappa shape index (κ1) is 14.0. The van der Waals surface area contributed by atoms with Crippen molar-refractivity contribution in [2.45, 2.75) is 0 Å². The van der Waals surface area contributed by atoms with Gasteiger partial charge in [0, 0.05) is 33.5 Å². The van der Waals surface area contributed by atoms with Crippen LogP contribution in [0.4, 0.5) is 11.4 Å². The van der Waals surface area contributed by atoms with E-state index in [1.807, 2.05) is 42.6 Å². The molecule has 2 aromatic carbocycles. The largest absolute Gasteiger partial charge is 0.389 e. The average Bonchev–Trinajstić information content (AvgIpc) is 2.49. The molecular formula is C16H12BrN3S. The van der Waals surface area contributed by atoms with Crippen molar-refractivity contribution in [3.63, 3.8) is 0 Å². The number of thiocarbonyl (C=S) groups is 1. The van der Waals surface area contributed by atoms with Gasteiger partial charge in [-0.2, -0.15) is 0 Å². The van der Waals surface area contributed by atoms with Crippen LogP contribution in [-0.2, 0) is 0 Å². The number of fused-ring (bicyclic) bond motifs is 1. The van der Waals surface area contributed by atoms with Crippen molar-refractivity contribution >= 4 is 55.3 Å². The quantitative estimate of drug-likeness (QED) is 0.683. The predicted molar refractivity (Wildman–Crippen MR) is 95.1 cm³/mol. The van der Waals surface area contributed by atoms with Crippen LogP contribution in [0.2, 0.25) is 0 Å². The molecule has 0 spiro atoms. The Balaban J connectivity index is 2.01. The monoisotopic (exact) mass is 357 g/mol. The van der Waals surface area contributed by atoms with Crippen molar-refractivity contribution in [1.82, 2.24) is 4.98 Å². The lowest BCUT2D eigenvalue weighted by Crippen LogP contribution is -2.09. The highest BCUT2D eigenvalue weighted by Crippen LogP contribution is 2.30. The molecule has 0 bridgehead atoms. The molecule has 0 aliphatic heterocycles. The molecule has 0 amide bonds. The minimum absolute atomic E-state index is 0.386. The Morgan fingerprint density at radius 1 is 1.14 bits per heavy atom. The molecule has 0 aliphatic carbocycles. The topological polar surface area (TPSA) is 50.9 Å². The summed E-state index contributed by atoms with van der Waals surface area (Å²) in [5, 5.41) is 5.63. The Morgan fingerprint density at radius 2 is 2.00 bits per heavy atom. The van der Waals surface area contributed by atoms with E-state index in [0.717, 1.165) is 32.2 Å². The van der Waals surface area contributed by atoms with Crippen LogP contribution in [0.1, 0.15) is 5.56 Å². The number of nitrogens with zero attached hydrogens (tertiary/aromatic N) is 1. The van der Waals surface area contributed by atoms with Crippen molar-refractivity contribution in [1.29, 1.82) is 0 Å². The minimum atomic E-state index is 0.386. The molecular weight excluding hydrogens is 346 g/mol. The molecule has 104 valence electrons. The zero-order chi connectivity index (χ0) is 14.8. The fraction of sp³-hybridized carbons (Fsp3) is 0. The zero-order valence-corrected chi connectivity index (χ0v) is 13.4. The van der Waals surface area contributed by atoms with Gasteiger partial charge in [0.05, 0.1) is 5.69 Å². The number of pyridine rings is 1. The van der Waals surface area contributed by atoms with E-state index in [-0.39, 0.29) is 0 Å². The minimum Gasteiger partial charge on any atom is -0.389 e. The second-order valence-electron chi connectivity index (χ2n) is 4.59. The van der Waals surface area contributed by atoms with Gasteiger partial charge in [-0.1, -0.05) is 24.4 Å². The number of anilines is 2. The lowest BCUT2D eigenvalue weighted by atomic mass is 10.1. The molecule has 21 heavy (non-hydrogen) atoms. The normalized spacial score (nSPS) is 10.5. The van der Waals surface area contributed by atoms with Crippen LogP contribution in [0.5, 0.6) is 0 Å². The van der Waals surface area contributed by atoms with Gasteiger partial charge in [0.1, 0.15) is 4.99 Å². The van der Waals surface area contributed by atoms with Crippen LogP contribution in [0, 0.1) is 0 Å². The van der Waals surface area contributed by atoms with Gasteiger partial charge in [0.15, 0.2) is 0 Å². The van der Waals surface area contributed by atoms with Gasteiger partial charge in [-0.3, -0.25) is 4.98 Å². The fourth-order valence-corrected chi connectivity index (χ4v) is 2.74. The number of nitrogens with one attached hydrogen (secondary N) is 1. The first-order valence-corrected chi connectivity index (χ1v) is 7.54. The van der Waals surface area contributed by atoms with Crippen molar-refractivity contribution in [3.8, 4) is 0 Å². The van der Waals surface area contributed by atoms with Crippen molar-refractivity contribution in [3.05, 3.63) is 64.9 Å². The fourth-order valence-electron chi connectivity index (χ4n) is 2.14. The van der Waals surface area contributed by atoms with Gasteiger partial charge < -0.3 is 11.1 Å². The van der Waals surface area contributed by atoms with Gasteiger partial charge in [-0.05, 0) is 51.6 Å². The summed E-state index contributed by atoms with van der Waals surface area (Å²) >= 11 is 8.53. The number of aromatic nitrogens is 1. The Morgan fingerprint density at radius 3 is 2.76 bits per heavy atom. The molecule has 0 saturated heterocycles. The highest BCUT2D eigenvalue weighted by Gasteiger charge is 2.06. The van der Waals surface area contributed by atoms with Crippen molar-refractivity contribution < 1.29 is 0 Å². The van der Waals surface area contributed by atoms with Crippen molar-refractivity contribution in [2.75, 3.05) is 5.32 Å². The maximum absolute atomic E-state index is 5.64. The third-order valence-corrected chi connectivity index (χ3v) is 4.10. The summed E-state index contributed by atoms with van der Waals surface area (Å²) in [5.74, 6) is 0. The number of benzene rings is 2. The Kier molecular flexibility index (Phi) is 3.86. The van der Waals surface area contributed by atoms with Gasteiger partial charge in [-0.15, -0.1) is 0 Å². The lowest BCUT2D eigenvalue weighted by Gasteiger charge is -2.12. The highest BCUT2D eigenvalue weighted by molar-refractivity contribution is 9.10. The molecule has 3 aromatic rings. The van der Waals surface area contributed by atoms with Gasteiger partial charge >= 0.3 is 0 Å². The van der Waals surface area contributed by atoms with Crippen LogP contribution in [0.25, 0.3) is 10.8 Å². The maximum atomic E-state index is 5.64. The van der Waals surface area contributed by atoms with Crippen LogP contribution < -0.4 is 11.1 Å². The summed E-state index contributed by atoms with van der Waals surface area (Å²) in [4.78, 5) is 4.58. The molecule has 3 nitrogen and oxygen atoms in total. The molecule has 0 fully saturated rings. The number of rotatable bonds is 3. The number of halogens is 1. The number of hydrogen-bond acceptors (Lipinski definition) is 3. The van der Waals surface area contributed by atoms with Crippen LogP contribution in [0.15, 0.2) is 59.3 Å². The molecule has 3 rings (SSSR count). The van der Waals surface area contributed by atoms with E-state index in [1.165, 1.54) is 0 Å². The average molecular weight is 358 g/mol. The third kappa shape index (κ3) is 2.89. The SMILES string of the molecule is NC(=S)c1ccc(Nc2cccc3ccncc23)c(Br)c1.